The molecule has 170 valence electrons. The van der Waals surface area contributed by atoms with Crippen molar-refractivity contribution in [2.24, 2.45) is 0 Å². The number of nitrogens with zero attached hydrogens (tertiary/aromatic N) is 3. The molecule has 1 aliphatic carbocycles. The van der Waals surface area contributed by atoms with Gasteiger partial charge in [0.2, 0.25) is 5.91 Å². The topological polar surface area (TPSA) is 76.9 Å². The van der Waals surface area contributed by atoms with E-state index in [2.05, 4.69) is 10.3 Å². The van der Waals surface area contributed by atoms with Crippen LogP contribution in [0.1, 0.15) is 37.7 Å². The molecule has 0 unspecified atom stereocenters. The Morgan fingerprint density at radius 1 is 1.18 bits per heavy atom. The van der Waals surface area contributed by atoms with Crippen LogP contribution < -0.4 is 10.9 Å². The zero-order chi connectivity index (χ0) is 22.8. The first-order valence-electron chi connectivity index (χ1n) is 11.0. The summed E-state index contributed by atoms with van der Waals surface area (Å²) in [6.07, 6.45) is 7.25. The first-order valence-corrected chi connectivity index (χ1v) is 12.8. The fourth-order valence-electron chi connectivity index (χ4n) is 4.21. The Balaban J connectivity index is 1.48. The molecule has 1 N–H and O–H groups in total. The van der Waals surface area contributed by atoms with Crippen LogP contribution in [0.3, 0.4) is 0 Å². The van der Waals surface area contributed by atoms with Crippen molar-refractivity contribution in [2.75, 3.05) is 5.75 Å². The van der Waals surface area contributed by atoms with Gasteiger partial charge in [0.05, 0.1) is 17.8 Å². The largest absolute Gasteiger partial charge is 0.353 e. The molecule has 1 aromatic carbocycles. The number of fused-ring (bicyclic) bond motifs is 3. The summed E-state index contributed by atoms with van der Waals surface area (Å²) in [6.45, 7) is 0.246. The molecule has 9 heteroatoms. The number of thiophene rings is 1. The van der Waals surface area contributed by atoms with Crippen molar-refractivity contribution in [3.05, 3.63) is 64.3 Å². The third-order valence-electron chi connectivity index (χ3n) is 5.87. The van der Waals surface area contributed by atoms with E-state index in [-0.39, 0.29) is 35.6 Å². The molecular weight excluding hydrogens is 459 g/mol. The van der Waals surface area contributed by atoms with Crippen LogP contribution in [0.15, 0.2) is 52.5 Å². The SMILES string of the molecule is O=C(CSc1nc2c(sc3ncccc32)c(=O)n1Cc1ccc(F)cc1)NC1CCCCC1. The molecule has 0 saturated heterocycles. The molecule has 0 atom stereocenters. The van der Waals surface area contributed by atoms with Crippen molar-refractivity contribution in [3.63, 3.8) is 0 Å². The van der Waals surface area contributed by atoms with E-state index in [1.807, 2.05) is 12.1 Å². The standard InChI is InChI=1S/C24H23FN4O2S2/c25-16-10-8-15(9-11-16)13-29-23(31)21-20(18-7-4-12-26-22(18)33-21)28-24(29)32-14-19(30)27-17-5-2-1-3-6-17/h4,7-12,17H,1-3,5-6,13-14H2,(H,27,30). The Bertz CT molecular complexity index is 1360. The van der Waals surface area contributed by atoms with Crippen molar-refractivity contribution >= 4 is 49.4 Å². The smallest absolute Gasteiger partial charge is 0.272 e. The average Bonchev–Trinajstić information content (AvgIpc) is 3.21. The number of hydrogen-bond acceptors (Lipinski definition) is 6. The maximum absolute atomic E-state index is 13.5. The molecule has 5 rings (SSSR count). The number of rotatable bonds is 6. The maximum Gasteiger partial charge on any atom is 0.272 e. The summed E-state index contributed by atoms with van der Waals surface area (Å²) in [5.41, 5.74) is 1.22. The summed E-state index contributed by atoms with van der Waals surface area (Å²) in [7, 11) is 0. The molecule has 6 nitrogen and oxygen atoms in total. The molecule has 3 aromatic heterocycles. The highest BCUT2D eigenvalue weighted by molar-refractivity contribution is 7.99. The molecule has 0 radical (unpaired) electrons. The first kappa shape index (κ1) is 22.0. The summed E-state index contributed by atoms with van der Waals surface area (Å²) in [6, 6.07) is 10.0. The van der Waals surface area contributed by atoms with Crippen LogP contribution in [0.4, 0.5) is 4.39 Å². The minimum atomic E-state index is -0.329. The van der Waals surface area contributed by atoms with Crippen LogP contribution in [0.5, 0.6) is 0 Å². The van der Waals surface area contributed by atoms with E-state index >= 15 is 0 Å². The molecule has 1 saturated carbocycles. The monoisotopic (exact) mass is 482 g/mol. The molecule has 1 aliphatic rings. The summed E-state index contributed by atoms with van der Waals surface area (Å²) in [4.78, 5) is 36.0. The summed E-state index contributed by atoms with van der Waals surface area (Å²) in [5.74, 6) is -0.200. The van der Waals surface area contributed by atoms with E-state index in [1.165, 1.54) is 41.7 Å². The second kappa shape index (κ2) is 9.61. The van der Waals surface area contributed by atoms with Crippen molar-refractivity contribution in [1.82, 2.24) is 19.9 Å². The van der Waals surface area contributed by atoms with E-state index in [0.29, 0.717) is 15.4 Å². The Morgan fingerprint density at radius 3 is 2.76 bits per heavy atom. The third-order valence-corrected chi connectivity index (χ3v) is 7.94. The number of amides is 1. The number of pyridine rings is 1. The van der Waals surface area contributed by atoms with Gasteiger partial charge in [-0.1, -0.05) is 43.2 Å². The van der Waals surface area contributed by atoms with Gasteiger partial charge in [0.15, 0.2) is 5.16 Å². The minimum Gasteiger partial charge on any atom is -0.353 e. The molecule has 0 bridgehead atoms. The van der Waals surface area contributed by atoms with Crippen LogP contribution in [-0.2, 0) is 11.3 Å². The number of carbonyl (C=O) groups is 1. The lowest BCUT2D eigenvalue weighted by Gasteiger charge is -2.22. The Labute approximate surface area is 198 Å². The molecule has 1 fully saturated rings. The number of hydrogen-bond donors (Lipinski definition) is 1. The lowest BCUT2D eigenvalue weighted by molar-refractivity contribution is -0.119. The van der Waals surface area contributed by atoms with Crippen molar-refractivity contribution in [3.8, 4) is 0 Å². The number of thioether (sulfide) groups is 1. The highest BCUT2D eigenvalue weighted by Gasteiger charge is 2.20. The van der Waals surface area contributed by atoms with Crippen LogP contribution in [0, 0.1) is 5.82 Å². The predicted octanol–water partition coefficient (Wildman–Crippen LogP) is 4.73. The van der Waals surface area contributed by atoms with Crippen molar-refractivity contribution in [2.45, 2.75) is 49.8 Å². The molecular formula is C24H23FN4O2S2. The van der Waals surface area contributed by atoms with E-state index in [9.17, 15) is 14.0 Å². The van der Waals surface area contributed by atoms with Gasteiger partial charge in [0.1, 0.15) is 15.3 Å². The number of halogens is 1. The van der Waals surface area contributed by atoms with Gasteiger partial charge in [-0.25, -0.2) is 14.4 Å². The first-order chi connectivity index (χ1) is 16.1. The number of benzene rings is 1. The van der Waals surface area contributed by atoms with Gasteiger partial charge in [-0.15, -0.1) is 11.3 Å². The van der Waals surface area contributed by atoms with Gasteiger partial charge in [-0.05, 0) is 42.7 Å². The average molecular weight is 483 g/mol. The molecule has 0 spiro atoms. The van der Waals surface area contributed by atoms with E-state index < -0.39 is 0 Å². The summed E-state index contributed by atoms with van der Waals surface area (Å²) in [5, 5.41) is 4.42. The normalized spacial score (nSPS) is 14.7. The van der Waals surface area contributed by atoms with Crippen LogP contribution in [0.2, 0.25) is 0 Å². The lowest BCUT2D eigenvalue weighted by Crippen LogP contribution is -2.37. The van der Waals surface area contributed by atoms with E-state index in [4.69, 9.17) is 4.98 Å². The van der Waals surface area contributed by atoms with Crippen LogP contribution in [0.25, 0.3) is 20.4 Å². The number of carbonyl (C=O) groups excluding carboxylic acids is 1. The maximum atomic E-state index is 13.5. The van der Waals surface area contributed by atoms with Gasteiger partial charge in [0, 0.05) is 17.6 Å². The van der Waals surface area contributed by atoms with Gasteiger partial charge in [-0.2, -0.15) is 0 Å². The fraction of sp³-hybridized carbons (Fsp3) is 0.333. The quantitative estimate of drug-likeness (QED) is 0.317. The van der Waals surface area contributed by atoms with Gasteiger partial charge in [-0.3, -0.25) is 14.2 Å². The van der Waals surface area contributed by atoms with E-state index in [1.54, 1.807) is 22.9 Å². The Hall–Kier alpha value is -2.78. The predicted molar refractivity (Wildman–Crippen MR) is 130 cm³/mol. The van der Waals surface area contributed by atoms with Gasteiger partial charge >= 0.3 is 0 Å². The van der Waals surface area contributed by atoms with E-state index in [0.717, 1.165) is 41.5 Å². The van der Waals surface area contributed by atoms with Gasteiger partial charge in [0.25, 0.3) is 5.56 Å². The second-order valence-electron chi connectivity index (χ2n) is 8.24. The van der Waals surface area contributed by atoms with Crippen LogP contribution >= 0.6 is 23.1 Å². The zero-order valence-corrected chi connectivity index (χ0v) is 19.6. The number of nitrogens with one attached hydrogen (secondary N) is 1. The second-order valence-corrected chi connectivity index (χ2v) is 10.2. The number of aromatic nitrogens is 3. The third kappa shape index (κ3) is 4.79. The highest BCUT2D eigenvalue weighted by Crippen LogP contribution is 2.30. The van der Waals surface area contributed by atoms with Crippen molar-refractivity contribution in [1.29, 1.82) is 0 Å². The Morgan fingerprint density at radius 2 is 1.97 bits per heavy atom. The summed E-state index contributed by atoms with van der Waals surface area (Å²) >= 11 is 2.57. The van der Waals surface area contributed by atoms with Crippen LogP contribution in [-0.4, -0.2) is 32.2 Å². The molecule has 3 heterocycles. The summed E-state index contributed by atoms with van der Waals surface area (Å²) < 4.78 is 15.5. The highest BCUT2D eigenvalue weighted by atomic mass is 32.2. The van der Waals surface area contributed by atoms with Gasteiger partial charge < -0.3 is 5.32 Å². The van der Waals surface area contributed by atoms with Crippen molar-refractivity contribution < 1.29 is 9.18 Å². The minimum absolute atomic E-state index is 0.0496. The Kier molecular flexibility index (Phi) is 6.41. The molecule has 0 aliphatic heterocycles. The molecule has 1 amide bonds. The molecule has 4 aromatic rings. The zero-order valence-electron chi connectivity index (χ0n) is 17.9. The molecule has 33 heavy (non-hydrogen) atoms. The lowest BCUT2D eigenvalue weighted by atomic mass is 9.95. The fourth-order valence-corrected chi connectivity index (χ4v) is 6.04.